The van der Waals surface area contributed by atoms with Gasteiger partial charge in [-0.05, 0) is 50.7 Å². The first-order valence-electron chi connectivity index (χ1n) is 12.0. The third-order valence-electron chi connectivity index (χ3n) is 6.86. The van der Waals surface area contributed by atoms with Crippen LogP contribution in [0.5, 0.6) is 0 Å². The van der Waals surface area contributed by atoms with Gasteiger partial charge in [-0.15, -0.1) is 0 Å². The molecule has 1 aliphatic heterocycles. The molecule has 0 radical (unpaired) electrons. The van der Waals surface area contributed by atoms with E-state index in [1.807, 2.05) is 30.5 Å². The molecule has 1 aliphatic rings. The summed E-state index contributed by atoms with van der Waals surface area (Å²) in [6, 6.07) is 14.1. The van der Waals surface area contributed by atoms with E-state index in [1.165, 1.54) is 5.56 Å². The zero-order valence-electron chi connectivity index (χ0n) is 19.9. The van der Waals surface area contributed by atoms with Crippen LogP contribution in [0.4, 0.5) is 0 Å². The van der Waals surface area contributed by atoms with E-state index in [0.717, 1.165) is 65.5 Å². The summed E-state index contributed by atoms with van der Waals surface area (Å²) in [5.41, 5.74) is 5.64. The molecule has 3 heterocycles. The Labute approximate surface area is 199 Å². The second-order valence-electron chi connectivity index (χ2n) is 8.92. The second kappa shape index (κ2) is 8.95. The van der Waals surface area contributed by atoms with Crippen LogP contribution in [-0.2, 0) is 16.1 Å². The highest BCUT2D eigenvalue weighted by atomic mass is 16.2. The van der Waals surface area contributed by atoms with Gasteiger partial charge in [0, 0.05) is 51.9 Å². The second-order valence-corrected chi connectivity index (χ2v) is 8.92. The van der Waals surface area contributed by atoms with Crippen LogP contribution in [0.25, 0.3) is 33.0 Å². The van der Waals surface area contributed by atoms with Crippen LogP contribution in [0.15, 0.2) is 54.9 Å². The topological polar surface area (TPSA) is 70.1 Å². The van der Waals surface area contributed by atoms with Crippen molar-refractivity contribution >= 4 is 44.8 Å². The molecule has 0 bridgehead atoms. The van der Waals surface area contributed by atoms with E-state index >= 15 is 0 Å². The van der Waals surface area contributed by atoms with Crippen LogP contribution in [0, 0.1) is 6.92 Å². The van der Waals surface area contributed by atoms with Gasteiger partial charge in [0.25, 0.3) is 11.8 Å². The lowest BCUT2D eigenvalue weighted by Crippen LogP contribution is -2.24. The van der Waals surface area contributed by atoms with Gasteiger partial charge in [-0.2, -0.15) is 0 Å². The molecule has 0 unspecified atom stereocenters. The van der Waals surface area contributed by atoms with Crippen LogP contribution in [0.2, 0.25) is 0 Å². The monoisotopic (exact) mass is 454 g/mol. The molecule has 2 aromatic heterocycles. The minimum Gasteiger partial charge on any atom is -0.361 e. The van der Waals surface area contributed by atoms with Crippen molar-refractivity contribution < 1.29 is 9.59 Å². The van der Waals surface area contributed by atoms with Gasteiger partial charge >= 0.3 is 0 Å². The first kappa shape index (κ1) is 22.2. The van der Waals surface area contributed by atoms with Crippen molar-refractivity contribution in [1.82, 2.24) is 19.8 Å². The minimum absolute atomic E-state index is 0.340. The molecule has 0 saturated carbocycles. The highest BCUT2D eigenvalue weighted by Gasteiger charge is 2.35. The standard InChI is InChI=1S/C28H30N4O2/c1-4-31(5-2)13-8-14-32-17-22(20-12-11-18(3)15-24(20)32)26-25(27(33)30-28(26)34)21-16-29-23-10-7-6-9-19(21)23/h6-7,9-12,15-17,29H,4-5,8,13-14H2,1-3H3,(H,30,33,34). The van der Waals surface area contributed by atoms with Gasteiger partial charge in [0.05, 0.1) is 11.1 Å². The molecule has 2 amide bonds. The van der Waals surface area contributed by atoms with Gasteiger partial charge in [0.2, 0.25) is 0 Å². The number of aromatic nitrogens is 2. The number of nitrogens with zero attached hydrogens (tertiary/aromatic N) is 2. The highest BCUT2D eigenvalue weighted by Crippen LogP contribution is 2.38. The minimum atomic E-state index is -0.348. The number of fused-ring (bicyclic) bond motifs is 2. The lowest BCUT2D eigenvalue weighted by atomic mass is 9.95. The Hall–Kier alpha value is -3.64. The molecule has 2 N–H and O–H groups in total. The van der Waals surface area contributed by atoms with Gasteiger partial charge in [0.1, 0.15) is 0 Å². The third-order valence-corrected chi connectivity index (χ3v) is 6.86. The molecule has 0 saturated heterocycles. The van der Waals surface area contributed by atoms with Crippen molar-refractivity contribution in [3.63, 3.8) is 0 Å². The number of carbonyl (C=O) groups is 2. The lowest BCUT2D eigenvalue weighted by Gasteiger charge is -2.18. The molecule has 34 heavy (non-hydrogen) atoms. The largest absolute Gasteiger partial charge is 0.361 e. The Morgan fingerprint density at radius 2 is 1.65 bits per heavy atom. The van der Waals surface area contributed by atoms with E-state index in [9.17, 15) is 9.59 Å². The maximum absolute atomic E-state index is 13.1. The predicted molar refractivity (Wildman–Crippen MR) is 137 cm³/mol. The molecule has 0 spiro atoms. The van der Waals surface area contributed by atoms with Crippen LogP contribution in [-0.4, -0.2) is 45.9 Å². The molecule has 5 rings (SSSR count). The summed E-state index contributed by atoms with van der Waals surface area (Å²) in [6.45, 7) is 10.4. The average molecular weight is 455 g/mol. The van der Waals surface area contributed by atoms with Gasteiger partial charge in [0.15, 0.2) is 0 Å². The van der Waals surface area contributed by atoms with Gasteiger partial charge in [-0.25, -0.2) is 0 Å². The van der Waals surface area contributed by atoms with E-state index in [4.69, 9.17) is 0 Å². The van der Waals surface area contributed by atoms with Crippen LogP contribution < -0.4 is 5.32 Å². The number of aryl methyl sites for hydroxylation is 2. The van der Waals surface area contributed by atoms with E-state index in [-0.39, 0.29) is 11.8 Å². The number of imide groups is 1. The number of carbonyl (C=O) groups excluding carboxylic acids is 2. The Kier molecular flexibility index (Phi) is 5.84. The van der Waals surface area contributed by atoms with E-state index in [2.05, 4.69) is 64.9 Å². The number of rotatable bonds is 8. The van der Waals surface area contributed by atoms with E-state index in [0.29, 0.717) is 11.1 Å². The molecule has 6 nitrogen and oxygen atoms in total. The summed E-state index contributed by atoms with van der Waals surface area (Å²) >= 11 is 0. The maximum Gasteiger partial charge on any atom is 0.259 e. The fourth-order valence-electron chi connectivity index (χ4n) is 5.04. The van der Waals surface area contributed by atoms with Crippen molar-refractivity contribution in [1.29, 1.82) is 0 Å². The Morgan fingerprint density at radius 1 is 0.912 bits per heavy atom. The summed E-state index contributed by atoms with van der Waals surface area (Å²) < 4.78 is 2.23. The van der Waals surface area contributed by atoms with Crippen LogP contribution in [0.3, 0.4) is 0 Å². The fraction of sp³-hybridized carbons (Fsp3) is 0.286. The molecule has 4 aromatic rings. The number of H-pyrrole nitrogens is 1. The number of hydrogen-bond acceptors (Lipinski definition) is 3. The van der Waals surface area contributed by atoms with E-state index < -0.39 is 0 Å². The smallest absolute Gasteiger partial charge is 0.259 e. The van der Waals surface area contributed by atoms with Gasteiger partial charge < -0.3 is 14.5 Å². The number of benzene rings is 2. The summed E-state index contributed by atoms with van der Waals surface area (Å²) in [7, 11) is 0. The Balaban J connectivity index is 1.65. The number of hydrogen-bond donors (Lipinski definition) is 2. The zero-order chi connectivity index (χ0) is 23.8. The maximum atomic E-state index is 13.1. The molecule has 0 aliphatic carbocycles. The quantitative estimate of drug-likeness (QED) is 0.378. The summed E-state index contributed by atoms with van der Waals surface area (Å²) in [5, 5.41) is 4.47. The number of nitrogens with one attached hydrogen (secondary N) is 2. The molecule has 2 aromatic carbocycles. The van der Waals surface area contributed by atoms with Crippen LogP contribution >= 0.6 is 0 Å². The van der Waals surface area contributed by atoms with Crippen molar-refractivity contribution in [2.75, 3.05) is 19.6 Å². The summed E-state index contributed by atoms with van der Waals surface area (Å²) in [4.78, 5) is 31.8. The number of para-hydroxylation sites is 1. The number of amides is 2. The highest BCUT2D eigenvalue weighted by molar-refractivity contribution is 6.50. The molecule has 0 atom stereocenters. The summed E-state index contributed by atoms with van der Waals surface area (Å²) in [5.74, 6) is -0.688. The first-order chi connectivity index (χ1) is 16.5. The Bertz CT molecular complexity index is 1440. The van der Waals surface area contributed by atoms with E-state index in [1.54, 1.807) is 0 Å². The SMILES string of the molecule is CCN(CC)CCCn1cc(C2=C(c3c[nH]c4ccccc34)C(=O)NC2=O)c2ccc(C)cc21. The van der Waals surface area contributed by atoms with Crippen LogP contribution in [0.1, 0.15) is 37.0 Å². The molecule has 174 valence electrons. The lowest BCUT2D eigenvalue weighted by molar-refractivity contribution is -0.122. The molecular weight excluding hydrogens is 424 g/mol. The van der Waals surface area contributed by atoms with Crippen molar-refractivity contribution in [2.24, 2.45) is 0 Å². The van der Waals surface area contributed by atoms with Gasteiger partial charge in [-0.3, -0.25) is 14.9 Å². The number of aromatic amines is 1. The normalized spacial score (nSPS) is 14.2. The van der Waals surface area contributed by atoms with Crippen molar-refractivity contribution in [3.05, 3.63) is 71.5 Å². The first-order valence-corrected chi connectivity index (χ1v) is 12.0. The fourth-order valence-corrected chi connectivity index (χ4v) is 5.04. The zero-order valence-corrected chi connectivity index (χ0v) is 19.9. The molecule has 0 fully saturated rings. The van der Waals surface area contributed by atoms with Crippen molar-refractivity contribution in [2.45, 2.75) is 33.7 Å². The Morgan fingerprint density at radius 3 is 2.41 bits per heavy atom. The van der Waals surface area contributed by atoms with Crippen molar-refractivity contribution in [3.8, 4) is 0 Å². The average Bonchev–Trinajstić information content (AvgIpc) is 3.49. The predicted octanol–water partition coefficient (Wildman–Crippen LogP) is 4.73. The summed E-state index contributed by atoms with van der Waals surface area (Å²) in [6.07, 6.45) is 4.89. The molecular formula is C28H30N4O2. The van der Waals surface area contributed by atoms with Gasteiger partial charge in [-0.1, -0.05) is 44.2 Å². The third kappa shape index (κ3) is 3.74. The molecule has 6 heteroatoms.